The van der Waals surface area contributed by atoms with Gasteiger partial charge in [-0.3, -0.25) is 0 Å². The summed E-state index contributed by atoms with van der Waals surface area (Å²) in [5.41, 5.74) is 5.48. The summed E-state index contributed by atoms with van der Waals surface area (Å²) in [5.74, 6) is 0. The summed E-state index contributed by atoms with van der Waals surface area (Å²) in [6.07, 6.45) is 0.895. The Morgan fingerprint density at radius 2 is 1.75 bits per heavy atom. The molecule has 0 saturated heterocycles. The maximum Gasteiger partial charge on any atom is 0.500 e. The normalized spacial score (nSPS) is 12.0. The molecule has 11 heteroatoms. The van der Waals surface area contributed by atoms with E-state index in [9.17, 15) is 0 Å². The van der Waals surface area contributed by atoms with Gasteiger partial charge in [0.2, 0.25) is 0 Å². The molecule has 0 amide bonds. The fourth-order valence-corrected chi connectivity index (χ4v) is 6.77. The second kappa shape index (κ2) is 14.3. The predicted molar refractivity (Wildman–Crippen MR) is 91.2 cm³/mol. The van der Waals surface area contributed by atoms with Gasteiger partial charge in [0.1, 0.15) is 8.51 Å². The molecule has 7 nitrogen and oxygen atoms in total. The van der Waals surface area contributed by atoms with Crippen LogP contribution in [0.2, 0.25) is 6.04 Å². The first kappa shape index (κ1) is 20.4. The van der Waals surface area contributed by atoms with E-state index in [1.54, 1.807) is 0 Å². The number of aromatic amines is 2. The first-order valence-electron chi connectivity index (χ1n) is 6.76. The molecular formula is C9H27N4O3P3Si. The van der Waals surface area contributed by atoms with Gasteiger partial charge in [-0.2, -0.15) is 4.51 Å². The summed E-state index contributed by atoms with van der Waals surface area (Å²) in [5, 5.41) is 0. The zero-order chi connectivity index (χ0) is 15.1. The molecule has 1 heterocycles. The molecule has 1 aromatic heterocycles. The van der Waals surface area contributed by atoms with Crippen LogP contribution in [0, 0.1) is 0 Å². The average molecular weight is 360 g/mol. The highest BCUT2D eigenvalue weighted by Crippen LogP contribution is 2.17. The lowest BCUT2D eigenvalue weighted by molar-refractivity contribution is 0.0710. The summed E-state index contributed by atoms with van der Waals surface area (Å²) in [4.78, 5) is 0. The molecule has 20 heavy (non-hydrogen) atoms. The van der Waals surface area contributed by atoms with E-state index in [1.807, 2.05) is 20.8 Å². The number of H-pyrrole nitrogens is 2. The Kier molecular flexibility index (Phi) is 14.6. The van der Waals surface area contributed by atoms with Crippen molar-refractivity contribution in [3.05, 3.63) is 0 Å². The summed E-state index contributed by atoms with van der Waals surface area (Å²) in [7, 11) is -0.0389. The third-order valence-corrected chi connectivity index (χ3v) is 7.85. The minimum atomic E-state index is -2.40. The van der Waals surface area contributed by atoms with E-state index in [1.165, 1.54) is 0 Å². The summed E-state index contributed by atoms with van der Waals surface area (Å²) >= 11 is 0. The van der Waals surface area contributed by atoms with E-state index in [0.29, 0.717) is 43.4 Å². The van der Waals surface area contributed by atoms with Gasteiger partial charge in [0.15, 0.2) is 0 Å². The maximum atomic E-state index is 5.65. The summed E-state index contributed by atoms with van der Waals surface area (Å²) in [6.45, 7) is 8.44. The lowest BCUT2D eigenvalue weighted by Crippen LogP contribution is -2.46. The largest absolute Gasteiger partial charge is 0.500 e. The molecule has 1 aromatic rings. The van der Waals surface area contributed by atoms with Gasteiger partial charge in [-0.25, -0.2) is 0 Å². The highest BCUT2D eigenvalue weighted by molar-refractivity contribution is 7.43. The summed E-state index contributed by atoms with van der Waals surface area (Å²) < 4.78 is 27.0. The minimum absolute atomic E-state index is 0.614. The SMILES string of the molecule is CCO[Si](CCCN)(OCC)OCC.n1p[nH][pH][nH][pH]1. The second-order valence-electron chi connectivity index (χ2n) is 3.55. The molecular weight excluding hydrogens is 333 g/mol. The van der Waals surface area contributed by atoms with Crippen LogP contribution in [-0.2, 0) is 13.3 Å². The van der Waals surface area contributed by atoms with Gasteiger partial charge in [0, 0.05) is 42.9 Å². The Balaban J connectivity index is 0.000000493. The first-order chi connectivity index (χ1) is 9.74. The minimum Gasteiger partial charge on any atom is -0.374 e. The third kappa shape index (κ3) is 10.1. The number of nitrogens with one attached hydrogen (secondary N) is 2. The monoisotopic (exact) mass is 360 g/mol. The molecule has 0 spiro atoms. The van der Waals surface area contributed by atoms with Crippen molar-refractivity contribution in [2.45, 2.75) is 33.2 Å². The van der Waals surface area contributed by atoms with Crippen LogP contribution < -0.4 is 5.73 Å². The van der Waals surface area contributed by atoms with Crippen molar-refractivity contribution in [3.63, 3.8) is 0 Å². The van der Waals surface area contributed by atoms with E-state index < -0.39 is 8.80 Å². The maximum absolute atomic E-state index is 5.65. The van der Waals surface area contributed by atoms with Crippen LogP contribution in [0.5, 0.6) is 0 Å². The first-order valence-corrected chi connectivity index (χ1v) is 11.5. The zero-order valence-electron chi connectivity index (χ0n) is 12.4. The van der Waals surface area contributed by atoms with Crippen LogP contribution in [0.15, 0.2) is 0 Å². The van der Waals surface area contributed by atoms with Crippen molar-refractivity contribution in [2.24, 2.45) is 5.73 Å². The van der Waals surface area contributed by atoms with E-state index in [4.69, 9.17) is 19.0 Å². The van der Waals surface area contributed by atoms with Gasteiger partial charge in [-0.15, -0.1) is 0 Å². The average Bonchev–Trinajstić information content (AvgIpc) is 2.48. The van der Waals surface area contributed by atoms with Crippen molar-refractivity contribution in [1.29, 1.82) is 0 Å². The Hall–Kier alpha value is 0.357. The van der Waals surface area contributed by atoms with Gasteiger partial charge >= 0.3 is 8.80 Å². The molecule has 1 rings (SSSR count). The van der Waals surface area contributed by atoms with Crippen molar-refractivity contribution < 1.29 is 13.3 Å². The van der Waals surface area contributed by atoms with Gasteiger partial charge in [0.25, 0.3) is 0 Å². The Labute approximate surface area is 127 Å². The van der Waals surface area contributed by atoms with Crippen LogP contribution in [0.4, 0.5) is 0 Å². The highest BCUT2D eigenvalue weighted by atomic mass is 31.1. The van der Waals surface area contributed by atoms with E-state index in [2.05, 4.69) is 13.5 Å². The number of hydrogen-bond acceptors (Lipinski definition) is 5. The van der Waals surface area contributed by atoms with Crippen molar-refractivity contribution in [2.75, 3.05) is 26.4 Å². The molecule has 0 aliphatic carbocycles. The standard InChI is InChI=1S/C9H23NO3Si.H4N3P3/c1-4-11-14(12-5-2,13-6-3)9-7-8-10;1-4-2-6-3-5-1/h4-10H2,1-3H3;1,4-5H,(H,2,3). The lowest BCUT2D eigenvalue weighted by atomic mass is 10.5. The molecule has 0 aliphatic rings. The van der Waals surface area contributed by atoms with Gasteiger partial charge in [0.05, 0.1) is 0 Å². The zero-order valence-corrected chi connectivity index (χ0v) is 16.3. The van der Waals surface area contributed by atoms with Crippen molar-refractivity contribution in [1.82, 2.24) is 13.5 Å². The number of hydrogen-bond donors (Lipinski definition) is 3. The Morgan fingerprint density at radius 3 is 2.00 bits per heavy atom. The van der Waals surface area contributed by atoms with Crippen molar-refractivity contribution >= 4 is 34.3 Å². The van der Waals surface area contributed by atoms with Gasteiger partial charge in [-0.1, -0.05) is 0 Å². The Bertz CT molecular complexity index is 272. The van der Waals surface area contributed by atoms with Gasteiger partial charge < -0.3 is 28.0 Å². The molecule has 0 aliphatic heterocycles. The fraction of sp³-hybridized carbons (Fsp3) is 1.00. The molecule has 0 bridgehead atoms. The highest BCUT2D eigenvalue weighted by Gasteiger charge is 2.39. The molecule has 0 radical (unpaired) electrons. The lowest BCUT2D eigenvalue weighted by Gasteiger charge is -2.28. The number of aromatic nitrogens is 3. The van der Waals surface area contributed by atoms with E-state index >= 15 is 0 Å². The Morgan fingerprint density at radius 1 is 1.15 bits per heavy atom. The second-order valence-corrected chi connectivity index (χ2v) is 9.65. The van der Waals surface area contributed by atoms with Crippen LogP contribution in [-0.4, -0.2) is 48.7 Å². The molecule has 0 aromatic carbocycles. The summed E-state index contributed by atoms with van der Waals surface area (Å²) in [6, 6.07) is 0.818. The molecule has 4 N–H and O–H groups in total. The van der Waals surface area contributed by atoms with Crippen LogP contribution in [0.3, 0.4) is 0 Å². The molecule has 0 fully saturated rings. The molecule has 2 unspecified atom stereocenters. The number of nitrogens with zero attached hydrogens (tertiary/aromatic N) is 1. The fourth-order valence-electron chi connectivity index (χ4n) is 1.48. The van der Waals surface area contributed by atoms with Crippen LogP contribution >= 0.6 is 25.5 Å². The van der Waals surface area contributed by atoms with Crippen LogP contribution in [0.25, 0.3) is 0 Å². The van der Waals surface area contributed by atoms with Gasteiger partial charge in [-0.05, 0) is 33.7 Å². The third-order valence-electron chi connectivity index (χ3n) is 2.10. The van der Waals surface area contributed by atoms with Crippen LogP contribution in [0.1, 0.15) is 27.2 Å². The molecule has 0 saturated carbocycles. The number of rotatable bonds is 9. The quantitative estimate of drug-likeness (QED) is 0.588. The predicted octanol–water partition coefficient (Wildman–Crippen LogP) is 2.89. The van der Waals surface area contributed by atoms with E-state index in [-0.39, 0.29) is 0 Å². The smallest absolute Gasteiger partial charge is 0.374 e. The topological polar surface area (TPSA) is 98.2 Å². The molecule has 2 atom stereocenters. The number of nitrogens with two attached hydrogens (primary N) is 1. The molecule has 120 valence electrons. The van der Waals surface area contributed by atoms with Crippen molar-refractivity contribution in [3.8, 4) is 0 Å². The van der Waals surface area contributed by atoms with E-state index in [0.717, 1.165) is 21.0 Å².